The molecule has 2 nitrogen and oxygen atoms in total. The number of pyridine rings is 1. The predicted octanol–water partition coefficient (Wildman–Crippen LogP) is 2.36. The highest BCUT2D eigenvalue weighted by atomic mass is 19.3. The van der Waals surface area contributed by atoms with Gasteiger partial charge in [-0.15, -0.1) is 0 Å². The van der Waals surface area contributed by atoms with Gasteiger partial charge in [0.1, 0.15) is 5.69 Å². The first kappa shape index (κ1) is 9.52. The molecule has 1 unspecified atom stereocenters. The third kappa shape index (κ3) is 1.62. The van der Waals surface area contributed by atoms with E-state index in [4.69, 9.17) is 5.73 Å². The molecule has 2 N–H and O–H groups in total. The van der Waals surface area contributed by atoms with Crippen molar-refractivity contribution in [2.75, 3.05) is 0 Å². The second kappa shape index (κ2) is 3.61. The van der Waals surface area contributed by atoms with E-state index in [2.05, 4.69) is 4.98 Å². The zero-order chi connectivity index (χ0) is 10.1. The van der Waals surface area contributed by atoms with Crippen LogP contribution in [0.1, 0.15) is 42.3 Å². The Labute approximate surface area is 81.1 Å². The minimum absolute atomic E-state index is 0.0297. The topological polar surface area (TPSA) is 38.9 Å². The van der Waals surface area contributed by atoms with Crippen molar-refractivity contribution in [2.45, 2.75) is 31.7 Å². The van der Waals surface area contributed by atoms with Crippen LogP contribution in [0.15, 0.2) is 12.1 Å². The van der Waals surface area contributed by atoms with Crippen LogP contribution >= 0.6 is 0 Å². The number of rotatable bonds is 1. The number of fused-ring (bicyclic) bond motifs is 1. The number of nitrogens with two attached hydrogens (primary N) is 1. The van der Waals surface area contributed by atoms with Gasteiger partial charge in [-0.1, -0.05) is 6.07 Å². The lowest BCUT2D eigenvalue weighted by atomic mass is 9.92. The normalized spacial score (nSPS) is 21.0. The summed E-state index contributed by atoms with van der Waals surface area (Å²) in [5, 5.41) is 0. The summed E-state index contributed by atoms with van der Waals surface area (Å²) in [6.07, 6.45) is 0.138. The minimum Gasteiger partial charge on any atom is -0.324 e. The fourth-order valence-electron chi connectivity index (χ4n) is 1.83. The molecule has 0 aromatic carbocycles. The third-order valence-corrected chi connectivity index (χ3v) is 2.58. The fourth-order valence-corrected chi connectivity index (χ4v) is 1.83. The van der Waals surface area contributed by atoms with Crippen LogP contribution in [0.25, 0.3) is 0 Å². The maximum atomic E-state index is 12.3. The molecule has 76 valence electrons. The standard InChI is InChI=1S/C10H12F2N2/c11-10(12)9-5-4-6-7(13)2-1-3-8(6)14-9/h4-5,7,10H,1-3,13H2. The maximum Gasteiger partial charge on any atom is 0.280 e. The lowest BCUT2D eigenvalue weighted by Gasteiger charge is -2.21. The summed E-state index contributed by atoms with van der Waals surface area (Å²) in [4.78, 5) is 3.93. The Balaban J connectivity index is 2.39. The van der Waals surface area contributed by atoms with Gasteiger partial charge in [-0.2, -0.15) is 0 Å². The van der Waals surface area contributed by atoms with Crippen molar-refractivity contribution in [1.29, 1.82) is 0 Å². The van der Waals surface area contributed by atoms with E-state index < -0.39 is 6.43 Å². The van der Waals surface area contributed by atoms with Crippen molar-refractivity contribution in [3.63, 3.8) is 0 Å². The Morgan fingerprint density at radius 3 is 2.93 bits per heavy atom. The molecule has 14 heavy (non-hydrogen) atoms. The Bertz CT molecular complexity index is 339. The maximum absolute atomic E-state index is 12.3. The van der Waals surface area contributed by atoms with Crippen molar-refractivity contribution in [1.82, 2.24) is 4.98 Å². The highest BCUT2D eigenvalue weighted by molar-refractivity contribution is 5.28. The van der Waals surface area contributed by atoms with Crippen LogP contribution in [0.5, 0.6) is 0 Å². The third-order valence-electron chi connectivity index (χ3n) is 2.58. The summed E-state index contributed by atoms with van der Waals surface area (Å²) in [5.41, 5.74) is 7.39. The van der Waals surface area contributed by atoms with Gasteiger partial charge in [0.15, 0.2) is 0 Å². The number of halogens is 2. The molecule has 1 aromatic rings. The molecule has 1 heterocycles. The highest BCUT2D eigenvalue weighted by Crippen LogP contribution is 2.28. The first-order valence-corrected chi connectivity index (χ1v) is 4.72. The first-order chi connectivity index (χ1) is 6.68. The molecule has 0 aliphatic heterocycles. The summed E-state index contributed by atoms with van der Waals surface area (Å²) in [7, 11) is 0. The van der Waals surface area contributed by atoms with Crippen LogP contribution in [0, 0.1) is 0 Å². The summed E-state index contributed by atoms with van der Waals surface area (Å²) in [5.74, 6) is 0. The zero-order valence-corrected chi connectivity index (χ0v) is 7.71. The zero-order valence-electron chi connectivity index (χ0n) is 7.71. The number of nitrogens with zero attached hydrogens (tertiary/aromatic N) is 1. The second-order valence-corrected chi connectivity index (χ2v) is 3.57. The molecule has 0 saturated carbocycles. The molecular weight excluding hydrogens is 186 g/mol. The Morgan fingerprint density at radius 2 is 2.21 bits per heavy atom. The number of aryl methyl sites for hydroxylation is 1. The molecule has 0 saturated heterocycles. The van der Waals surface area contributed by atoms with Gasteiger partial charge in [-0.05, 0) is 30.9 Å². The predicted molar refractivity (Wildman–Crippen MR) is 49.1 cm³/mol. The van der Waals surface area contributed by atoms with Gasteiger partial charge in [0.2, 0.25) is 0 Å². The van der Waals surface area contributed by atoms with Crippen LogP contribution in [0.2, 0.25) is 0 Å². The van der Waals surface area contributed by atoms with Crippen LogP contribution in [-0.2, 0) is 6.42 Å². The lowest BCUT2D eigenvalue weighted by molar-refractivity contribution is 0.145. The second-order valence-electron chi connectivity index (χ2n) is 3.57. The number of alkyl halides is 2. The van der Waals surface area contributed by atoms with Crippen LogP contribution < -0.4 is 5.73 Å². The van der Waals surface area contributed by atoms with E-state index in [-0.39, 0.29) is 11.7 Å². The molecule has 1 atom stereocenters. The van der Waals surface area contributed by atoms with E-state index in [1.54, 1.807) is 6.07 Å². The van der Waals surface area contributed by atoms with E-state index in [0.29, 0.717) is 0 Å². The molecule has 0 bridgehead atoms. The van der Waals surface area contributed by atoms with Crippen molar-refractivity contribution >= 4 is 0 Å². The van der Waals surface area contributed by atoms with Crippen LogP contribution in [0.4, 0.5) is 8.78 Å². The Hall–Kier alpha value is -1.03. The Morgan fingerprint density at radius 1 is 1.43 bits per heavy atom. The lowest BCUT2D eigenvalue weighted by Crippen LogP contribution is -2.19. The van der Waals surface area contributed by atoms with E-state index >= 15 is 0 Å². The van der Waals surface area contributed by atoms with Gasteiger partial charge in [0, 0.05) is 11.7 Å². The van der Waals surface area contributed by atoms with Gasteiger partial charge in [0.05, 0.1) is 0 Å². The molecule has 0 spiro atoms. The quantitative estimate of drug-likeness (QED) is 0.752. The van der Waals surface area contributed by atoms with E-state index in [1.807, 2.05) is 0 Å². The first-order valence-electron chi connectivity index (χ1n) is 4.72. The molecule has 0 fully saturated rings. The van der Waals surface area contributed by atoms with Gasteiger partial charge < -0.3 is 5.73 Å². The van der Waals surface area contributed by atoms with Crippen molar-refractivity contribution in [2.24, 2.45) is 5.73 Å². The monoisotopic (exact) mass is 198 g/mol. The number of aromatic nitrogens is 1. The largest absolute Gasteiger partial charge is 0.324 e. The van der Waals surface area contributed by atoms with Crippen LogP contribution in [-0.4, -0.2) is 4.98 Å². The van der Waals surface area contributed by atoms with Crippen LogP contribution in [0.3, 0.4) is 0 Å². The number of hydrogen-bond acceptors (Lipinski definition) is 2. The molecular formula is C10H12F2N2. The molecule has 0 radical (unpaired) electrons. The Kier molecular flexibility index (Phi) is 2.46. The minimum atomic E-state index is -2.49. The molecule has 0 amide bonds. The van der Waals surface area contributed by atoms with Gasteiger partial charge in [0.25, 0.3) is 6.43 Å². The van der Waals surface area contributed by atoms with Gasteiger partial charge in [-0.25, -0.2) is 8.78 Å². The summed E-state index contributed by atoms with van der Waals surface area (Å²) in [6, 6.07) is 3.03. The average Bonchev–Trinajstić information content (AvgIpc) is 2.17. The van der Waals surface area contributed by atoms with Gasteiger partial charge >= 0.3 is 0 Å². The highest BCUT2D eigenvalue weighted by Gasteiger charge is 2.19. The fraction of sp³-hybridized carbons (Fsp3) is 0.500. The molecule has 1 aromatic heterocycles. The molecule has 4 heteroatoms. The van der Waals surface area contributed by atoms with E-state index in [1.165, 1.54) is 6.07 Å². The molecule has 1 aliphatic carbocycles. The SMILES string of the molecule is NC1CCCc2nc(C(F)F)ccc21. The number of hydrogen-bond donors (Lipinski definition) is 1. The van der Waals surface area contributed by atoms with E-state index in [9.17, 15) is 8.78 Å². The molecule has 1 aliphatic rings. The van der Waals surface area contributed by atoms with Crippen molar-refractivity contribution < 1.29 is 8.78 Å². The van der Waals surface area contributed by atoms with E-state index in [0.717, 1.165) is 30.5 Å². The smallest absolute Gasteiger partial charge is 0.280 e. The summed E-state index contributed by atoms with van der Waals surface area (Å²) in [6.45, 7) is 0. The summed E-state index contributed by atoms with van der Waals surface area (Å²) >= 11 is 0. The average molecular weight is 198 g/mol. The van der Waals surface area contributed by atoms with Crippen molar-refractivity contribution in [3.05, 3.63) is 29.1 Å². The summed E-state index contributed by atoms with van der Waals surface area (Å²) < 4.78 is 24.7. The van der Waals surface area contributed by atoms with Gasteiger partial charge in [-0.3, -0.25) is 4.98 Å². The van der Waals surface area contributed by atoms with Crippen molar-refractivity contribution in [3.8, 4) is 0 Å². The molecule has 2 rings (SSSR count).